The second kappa shape index (κ2) is 7.59. The Kier molecular flexibility index (Phi) is 5.27. The summed E-state index contributed by atoms with van der Waals surface area (Å²) in [5.74, 6) is 1.77. The maximum atomic E-state index is 10.4. The molecular weight excluding hydrogens is 306 g/mol. The lowest BCUT2D eigenvalue weighted by molar-refractivity contribution is 0.140. The van der Waals surface area contributed by atoms with E-state index in [0.717, 1.165) is 35.7 Å². The van der Waals surface area contributed by atoms with Crippen LogP contribution >= 0.6 is 0 Å². The Hall–Kier alpha value is -2.18. The number of likely N-dealkylation sites (tertiary alicyclic amines) is 1. The highest BCUT2D eigenvalue weighted by atomic mass is 16.5. The molecule has 0 spiro atoms. The SMILES string of the molecule is COc1cccc(OC)c1CN1C[C@@H](Cc2cnccn2)[C@H](O)C1. The number of ether oxygens (including phenoxy) is 2. The first-order valence-corrected chi connectivity index (χ1v) is 8.06. The van der Waals surface area contributed by atoms with Crippen molar-refractivity contribution in [3.63, 3.8) is 0 Å². The van der Waals surface area contributed by atoms with Gasteiger partial charge in [-0.2, -0.15) is 0 Å². The molecule has 0 radical (unpaired) electrons. The van der Waals surface area contributed by atoms with Crippen LogP contribution < -0.4 is 9.47 Å². The molecule has 0 unspecified atom stereocenters. The van der Waals surface area contributed by atoms with Gasteiger partial charge in [-0.25, -0.2) is 0 Å². The van der Waals surface area contributed by atoms with Crippen LogP contribution in [0.4, 0.5) is 0 Å². The second-order valence-electron chi connectivity index (χ2n) is 6.06. The summed E-state index contributed by atoms with van der Waals surface area (Å²) >= 11 is 0. The molecule has 1 saturated heterocycles. The first-order chi connectivity index (χ1) is 11.7. The number of hydrogen-bond donors (Lipinski definition) is 1. The minimum absolute atomic E-state index is 0.155. The van der Waals surface area contributed by atoms with E-state index in [9.17, 15) is 5.11 Å². The van der Waals surface area contributed by atoms with Gasteiger partial charge in [0, 0.05) is 44.1 Å². The van der Waals surface area contributed by atoms with Crippen LogP contribution in [-0.4, -0.2) is 53.4 Å². The Labute approximate surface area is 142 Å². The fourth-order valence-corrected chi connectivity index (χ4v) is 3.28. The smallest absolute Gasteiger partial charge is 0.127 e. The molecule has 2 atom stereocenters. The first kappa shape index (κ1) is 16.7. The molecule has 0 aliphatic carbocycles. The van der Waals surface area contributed by atoms with Crippen molar-refractivity contribution in [2.75, 3.05) is 27.3 Å². The average Bonchev–Trinajstić information content (AvgIpc) is 2.95. The van der Waals surface area contributed by atoms with Crippen molar-refractivity contribution in [1.29, 1.82) is 0 Å². The quantitative estimate of drug-likeness (QED) is 0.867. The van der Waals surface area contributed by atoms with Crippen LogP contribution in [0.25, 0.3) is 0 Å². The first-order valence-electron chi connectivity index (χ1n) is 8.06. The fourth-order valence-electron chi connectivity index (χ4n) is 3.28. The van der Waals surface area contributed by atoms with Gasteiger partial charge < -0.3 is 14.6 Å². The molecule has 0 bridgehead atoms. The number of hydrogen-bond acceptors (Lipinski definition) is 6. The number of aromatic nitrogens is 2. The van der Waals surface area contributed by atoms with E-state index in [1.807, 2.05) is 18.2 Å². The lowest BCUT2D eigenvalue weighted by atomic mass is 10.0. The highest BCUT2D eigenvalue weighted by Crippen LogP contribution is 2.31. The van der Waals surface area contributed by atoms with Gasteiger partial charge in [-0.3, -0.25) is 14.9 Å². The van der Waals surface area contributed by atoms with Gasteiger partial charge in [-0.15, -0.1) is 0 Å². The topological polar surface area (TPSA) is 67.7 Å². The average molecular weight is 329 g/mol. The van der Waals surface area contributed by atoms with Crippen molar-refractivity contribution in [2.45, 2.75) is 19.1 Å². The van der Waals surface area contributed by atoms with Gasteiger partial charge in [0.05, 0.1) is 31.6 Å². The molecule has 24 heavy (non-hydrogen) atoms. The highest BCUT2D eigenvalue weighted by molar-refractivity contribution is 5.44. The Morgan fingerprint density at radius 3 is 2.54 bits per heavy atom. The van der Waals surface area contributed by atoms with E-state index in [0.29, 0.717) is 13.1 Å². The minimum atomic E-state index is -0.368. The van der Waals surface area contributed by atoms with Crippen molar-refractivity contribution >= 4 is 0 Å². The summed E-state index contributed by atoms with van der Waals surface area (Å²) in [7, 11) is 3.32. The molecule has 1 aromatic heterocycles. The Morgan fingerprint density at radius 1 is 1.17 bits per heavy atom. The predicted molar refractivity (Wildman–Crippen MR) is 90.1 cm³/mol. The summed E-state index contributed by atoms with van der Waals surface area (Å²) in [6.45, 7) is 2.12. The zero-order chi connectivity index (χ0) is 16.9. The zero-order valence-corrected chi connectivity index (χ0v) is 14.1. The Balaban J connectivity index is 1.69. The normalized spacial score (nSPS) is 21.0. The van der Waals surface area contributed by atoms with Crippen LogP contribution in [-0.2, 0) is 13.0 Å². The van der Waals surface area contributed by atoms with Gasteiger partial charge in [0.2, 0.25) is 0 Å². The molecular formula is C18H23N3O3. The minimum Gasteiger partial charge on any atom is -0.496 e. The molecule has 2 heterocycles. The van der Waals surface area contributed by atoms with E-state index in [1.54, 1.807) is 32.8 Å². The van der Waals surface area contributed by atoms with Crippen LogP contribution in [0.3, 0.4) is 0 Å². The summed E-state index contributed by atoms with van der Waals surface area (Å²) in [5, 5.41) is 10.4. The Bertz CT molecular complexity index is 644. The number of methoxy groups -OCH3 is 2. The number of benzene rings is 1. The van der Waals surface area contributed by atoms with Gasteiger partial charge in [0.15, 0.2) is 0 Å². The summed E-state index contributed by atoms with van der Waals surface area (Å²) in [6.07, 6.45) is 5.48. The molecule has 1 N–H and O–H groups in total. The second-order valence-corrected chi connectivity index (χ2v) is 6.06. The summed E-state index contributed by atoms with van der Waals surface area (Å²) in [6, 6.07) is 5.78. The van der Waals surface area contributed by atoms with Gasteiger partial charge in [0.25, 0.3) is 0 Å². The number of rotatable bonds is 6. The molecule has 0 saturated carbocycles. The van der Waals surface area contributed by atoms with Crippen molar-refractivity contribution in [1.82, 2.24) is 14.9 Å². The molecule has 1 fully saturated rings. The molecule has 6 heteroatoms. The van der Waals surface area contributed by atoms with E-state index in [-0.39, 0.29) is 12.0 Å². The van der Waals surface area contributed by atoms with Crippen molar-refractivity contribution in [3.8, 4) is 11.5 Å². The molecule has 1 aromatic carbocycles. The van der Waals surface area contributed by atoms with Gasteiger partial charge in [-0.05, 0) is 18.6 Å². The maximum absolute atomic E-state index is 10.4. The lowest BCUT2D eigenvalue weighted by Gasteiger charge is -2.19. The fraction of sp³-hybridized carbons (Fsp3) is 0.444. The van der Waals surface area contributed by atoms with Crippen LogP contribution in [0.2, 0.25) is 0 Å². The van der Waals surface area contributed by atoms with Crippen LogP contribution in [0.5, 0.6) is 11.5 Å². The van der Waals surface area contributed by atoms with E-state index < -0.39 is 0 Å². The zero-order valence-electron chi connectivity index (χ0n) is 14.1. The molecule has 6 nitrogen and oxygen atoms in total. The maximum Gasteiger partial charge on any atom is 0.127 e. The van der Waals surface area contributed by atoms with Crippen LogP contribution in [0.15, 0.2) is 36.8 Å². The third-order valence-electron chi connectivity index (χ3n) is 4.48. The molecule has 1 aliphatic rings. The molecule has 1 aliphatic heterocycles. The van der Waals surface area contributed by atoms with E-state index >= 15 is 0 Å². The molecule has 3 rings (SSSR count). The van der Waals surface area contributed by atoms with Gasteiger partial charge >= 0.3 is 0 Å². The number of aliphatic hydroxyl groups excluding tert-OH is 1. The standard InChI is InChI=1S/C18H23N3O3/c1-23-17-4-3-5-18(24-2)15(17)11-21-10-13(16(22)12-21)8-14-9-19-6-7-20-14/h3-7,9,13,16,22H,8,10-12H2,1-2H3/t13-,16-/m1/s1. The van der Waals surface area contributed by atoms with E-state index in [4.69, 9.17) is 9.47 Å². The predicted octanol–water partition coefficient (Wildman–Crippen LogP) is 1.53. The summed E-state index contributed by atoms with van der Waals surface area (Å²) in [5.41, 5.74) is 1.92. The summed E-state index contributed by atoms with van der Waals surface area (Å²) < 4.78 is 10.9. The highest BCUT2D eigenvalue weighted by Gasteiger charge is 2.32. The molecule has 0 amide bonds. The van der Waals surface area contributed by atoms with Crippen LogP contribution in [0.1, 0.15) is 11.3 Å². The van der Waals surface area contributed by atoms with Gasteiger partial charge in [0.1, 0.15) is 11.5 Å². The van der Waals surface area contributed by atoms with Crippen molar-refractivity contribution in [3.05, 3.63) is 48.0 Å². The van der Waals surface area contributed by atoms with Gasteiger partial charge in [-0.1, -0.05) is 6.07 Å². The van der Waals surface area contributed by atoms with E-state index in [1.165, 1.54) is 0 Å². The number of β-amino-alcohol motifs (C(OH)–C–C–N with tert-alkyl or cyclic N) is 1. The molecule has 2 aromatic rings. The third-order valence-corrected chi connectivity index (χ3v) is 4.48. The largest absolute Gasteiger partial charge is 0.496 e. The Morgan fingerprint density at radius 2 is 1.92 bits per heavy atom. The van der Waals surface area contributed by atoms with Crippen molar-refractivity contribution < 1.29 is 14.6 Å². The number of aliphatic hydroxyl groups is 1. The van der Waals surface area contributed by atoms with E-state index in [2.05, 4.69) is 14.9 Å². The van der Waals surface area contributed by atoms with Crippen LogP contribution in [0, 0.1) is 5.92 Å². The molecule has 128 valence electrons. The third kappa shape index (κ3) is 3.66. The number of nitrogens with zero attached hydrogens (tertiary/aromatic N) is 3. The summed E-state index contributed by atoms with van der Waals surface area (Å²) in [4.78, 5) is 10.6. The lowest BCUT2D eigenvalue weighted by Crippen LogP contribution is -2.22. The monoisotopic (exact) mass is 329 g/mol. The van der Waals surface area contributed by atoms with Crippen molar-refractivity contribution in [2.24, 2.45) is 5.92 Å².